The molecule has 0 aliphatic heterocycles. The van der Waals surface area contributed by atoms with Gasteiger partial charge in [0.2, 0.25) is 0 Å². The molecule has 0 radical (unpaired) electrons. The molecule has 0 bridgehead atoms. The van der Waals surface area contributed by atoms with Crippen LogP contribution in [0.25, 0.3) is 0 Å². The molecule has 0 aromatic heterocycles. The summed E-state index contributed by atoms with van der Waals surface area (Å²) in [4.78, 5) is 0. The molecule has 0 fully saturated rings. The summed E-state index contributed by atoms with van der Waals surface area (Å²) < 4.78 is 28.4. The summed E-state index contributed by atoms with van der Waals surface area (Å²) in [6.45, 7) is 2.86. The summed E-state index contributed by atoms with van der Waals surface area (Å²) >= 11 is 0. The number of anilines is 1. The van der Waals surface area contributed by atoms with E-state index in [2.05, 4.69) is 5.32 Å². The van der Waals surface area contributed by atoms with Crippen LogP contribution in [0.2, 0.25) is 0 Å². The quantitative estimate of drug-likeness (QED) is 0.723. The van der Waals surface area contributed by atoms with Crippen molar-refractivity contribution in [2.45, 2.75) is 19.1 Å². The monoisotopic (exact) mass is 287 g/mol. The van der Waals surface area contributed by atoms with Gasteiger partial charge in [-0.25, -0.2) is 4.39 Å². The Hall–Kier alpha value is -1.37. The smallest absolute Gasteiger partial charge is 0.165 e. The Bertz CT molecular complexity index is 403. The molecule has 114 valence electrons. The van der Waals surface area contributed by atoms with Crippen molar-refractivity contribution < 1.29 is 23.7 Å². The fourth-order valence-electron chi connectivity index (χ4n) is 1.62. The number of nitrogens with one attached hydrogen (secondary N) is 1. The summed E-state index contributed by atoms with van der Waals surface area (Å²) in [6.07, 6.45) is -0.731. The predicted molar refractivity (Wildman–Crippen MR) is 74.7 cm³/mol. The van der Waals surface area contributed by atoms with Crippen LogP contribution in [0.3, 0.4) is 0 Å². The molecular formula is C14H22FNO4. The maximum absolute atomic E-state index is 13.2. The first-order chi connectivity index (χ1) is 9.56. The van der Waals surface area contributed by atoms with Gasteiger partial charge in [0.25, 0.3) is 0 Å². The third-order valence-electron chi connectivity index (χ3n) is 2.67. The zero-order valence-electron chi connectivity index (χ0n) is 12.1. The number of benzene rings is 1. The van der Waals surface area contributed by atoms with Crippen molar-refractivity contribution in [1.29, 1.82) is 0 Å². The Morgan fingerprint density at radius 1 is 1.30 bits per heavy atom. The highest BCUT2D eigenvalue weighted by Crippen LogP contribution is 2.21. The normalized spacial score (nSPS) is 13.8. The van der Waals surface area contributed by atoms with E-state index < -0.39 is 11.9 Å². The number of aliphatic hydroxyl groups is 1. The van der Waals surface area contributed by atoms with Crippen LogP contribution in [0, 0.1) is 5.82 Å². The molecule has 1 aromatic carbocycles. The van der Waals surface area contributed by atoms with Crippen molar-refractivity contribution in [3.05, 3.63) is 24.0 Å². The molecule has 6 heteroatoms. The van der Waals surface area contributed by atoms with E-state index in [-0.39, 0.29) is 18.5 Å². The van der Waals surface area contributed by atoms with Gasteiger partial charge in [-0.1, -0.05) is 0 Å². The molecule has 5 nitrogen and oxygen atoms in total. The SMILES string of the molecule is COCC(C)OCC(O)CNc1ccc(F)c(OC)c1. The molecule has 0 aliphatic carbocycles. The molecule has 0 heterocycles. The summed E-state index contributed by atoms with van der Waals surface area (Å²) in [5.41, 5.74) is 0.673. The first-order valence-electron chi connectivity index (χ1n) is 6.42. The van der Waals surface area contributed by atoms with Gasteiger partial charge >= 0.3 is 0 Å². The van der Waals surface area contributed by atoms with Gasteiger partial charge < -0.3 is 24.6 Å². The fraction of sp³-hybridized carbons (Fsp3) is 0.571. The molecule has 2 N–H and O–H groups in total. The van der Waals surface area contributed by atoms with E-state index in [1.165, 1.54) is 19.2 Å². The lowest BCUT2D eigenvalue weighted by atomic mass is 10.2. The second-order valence-electron chi connectivity index (χ2n) is 4.48. The van der Waals surface area contributed by atoms with E-state index in [1.807, 2.05) is 6.92 Å². The number of hydrogen-bond donors (Lipinski definition) is 2. The molecule has 2 atom stereocenters. The average molecular weight is 287 g/mol. The van der Waals surface area contributed by atoms with Crippen LogP contribution in [-0.2, 0) is 9.47 Å². The summed E-state index contributed by atoms with van der Waals surface area (Å²) in [5, 5.41) is 12.8. The minimum atomic E-state index is -0.662. The van der Waals surface area contributed by atoms with Gasteiger partial charge in [0, 0.05) is 25.4 Å². The zero-order valence-corrected chi connectivity index (χ0v) is 12.1. The van der Waals surface area contributed by atoms with Crippen molar-refractivity contribution in [3.63, 3.8) is 0 Å². The molecule has 0 aliphatic rings. The molecular weight excluding hydrogens is 265 g/mol. The summed E-state index contributed by atoms with van der Waals surface area (Å²) in [7, 11) is 3.00. The van der Waals surface area contributed by atoms with Gasteiger partial charge in [-0.15, -0.1) is 0 Å². The van der Waals surface area contributed by atoms with Gasteiger partial charge in [-0.2, -0.15) is 0 Å². The highest BCUT2D eigenvalue weighted by atomic mass is 19.1. The molecule has 0 saturated heterocycles. The Morgan fingerprint density at radius 3 is 2.70 bits per heavy atom. The lowest BCUT2D eigenvalue weighted by Crippen LogP contribution is -2.28. The highest BCUT2D eigenvalue weighted by molar-refractivity contribution is 5.48. The van der Waals surface area contributed by atoms with Crippen LogP contribution in [0.4, 0.5) is 10.1 Å². The van der Waals surface area contributed by atoms with Crippen LogP contribution >= 0.6 is 0 Å². The van der Waals surface area contributed by atoms with E-state index >= 15 is 0 Å². The van der Waals surface area contributed by atoms with Gasteiger partial charge in [0.15, 0.2) is 11.6 Å². The Labute approximate surface area is 118 Å². The Kier molecular flexibility index (Phi) is 7.28. The van der Waals surface area contributed by atoms with Gasteiger partial charge in [-0.3, -0.25) is 0 Å². The number of ether oxygens (including phenoxy) is 3. The van der Waals surface area contributed by atoms with Crippen LogP contribution in [0.5, 0.6) is 5.75 Å². The molecule has 0 amide bonds. The van der Waals surface area contributed by atoms with Gasteiger partial charge in [0.1, 0.15) is 0 Å². The second kappa shape index (κ2) is 8.73. The van der Waals surface area contributed by atoms with Gasteiger partial charge in [-0.05, 0) is 19.1 Å². The highest BCUT2D eigenvalue weighted by Gasteiger charge is 2.09. The van der Waals surface area contributed by atoms with Crippen LogP contribution in [0.1, 0.15) is 6.92 Å². The second-order valence-corrected chi connectivity index (χ2v) is 4.48. The molecule has 0 saturated carbocycles. The Balaban J connectivity index is 2.35. The van der Waals surface area contributed by atoms with Crippen molar-refractivity contribution in [2.75, 3.05) is 39.3 Å². The number of methoxy groups -OCH3 is 2. The number of halogens is 1. The first kappa shape index (κ1) is 16.7. The van der Waals surface area contributed by atoms with Crippen LogP contribution in [0.15, 0.2) is 18.2 Å². The molecule has 0 spiro atoms. The van der Waals surface area contributed by atoms with Crippen LogP contribution in [-0.4, -0.2) is 51.3 Å². The molecule has 2 unspecified atom stereocenters. The molecule has 20 heavy (non-hydrogen) atoms. The largest absolute Gasteiger partial charge is 0.494 e. The fourth-order valence-corrected chi connectivity index (χ4v) is 1.62. The van der Waals surface area contributed by atoms with E-state index in [9.17, 15) is 9.50 Å². The number of hydrogen-bond acceptors (Lipinski definition) is 5. The number of rotatable bonds is 9. The minimum Gasteiger partial charge on any atom is -0.494 e. The van der Waals surface area contributed by atoms with E-state index in [0.717, 1.165) is 0 Å². The molecule has 1 aromatic rings. The van der Waals surface area contributed by atoms with Crippen molar-refractivity contribution in [2.24, 2.45) is 0 Å². The zero-order chi connectivity index (χ0) is 15.0. The van der Waals surface area contributed by atoms with E-state index in [0.29, 0.717) is 18.8 Å². The lowest BCUT2D eigenvalue weighted by Gasteiger charge is -2.17. The Morgan fingerprint density at radius 2 is 2.05 bits per heavy atom. The number of aliphatic hydroxyl groups excluding tert-OH is 1. The topological polar surface area (TPSA) is 60.0 Å². The predicted octanol–water partition coefficient (Wildman–Crippen LogP) is 1.66. The lowest BCUT2D eigenvalue weighted by molar-refractivity contribution is -0.0282. The third kappa shape index (κ3) is 5.73. The molecule has 1 rings (SSSR count). The summed E-state index contributed by atoms with van der Waals surface area (Å²) in [6, 6.07) is 4.43. The van der Waals surface area contributed by atoms with E-state index in [4.69, 9.17) is 14.2 Å². The van der Waals surface area contributed by atoms with Crippen molar-refractivity contribution in [3.8, 4) is 5.75 Å². The first-order valence-corrected chi connectivity index (χ1v) is 6.42. The summed E-state index contributed by atoms with van der Waals surface area (Å²) in [5.74, 6) is -0.259. The van der Waals surface area contributed by atoms with Crippen molar-refractivity contribution in [1.82, 2.24) is 0 Å². The standard InChI is InChI=1S/C14H22FNO4/c1-10(8-18-2)20-9-12(17)7-16-11-4-5-13(15)14(6-11)19-3/h4-6,10,12,16-17H,7-9H2,1-3H3. The third-order valence-corrected chi connectivity index (χ3v) is 2.67. The van der Waals surface area contributed by atoms with Crippen LogP contribution < -0.4 is 10.1 Å². The maximum atomic E-state index is 13.2. The van der Waals surface area contributed by atoms with Crippen molar-refractivity contribution >= 4 is 5.69 Å². The average Bonchev–Trinajstić information content (AvgIpc) is 2.44. The van der Waals surface area contributed by atoms with Gasteiger partial charge in [0.05, 0.1) is 32.5 Å². The maximum Gasteiger partial charge on any atom is 0.165 e. The van der Waals surface area contributed by atoms with E-state index in [1.54, 1.807) is 13.2 Å². The minimum absolute atomic E-state index is 0.0689.